The van der Waals surface area contributed by atoms with Crippen LogP contribution in [-0.2, 0) is 10.0 Å². The van der Waals surface area contributed by atoms with Gasteiger partial charge in [-0.3, -0.25) is 4.79 Å². The number of pyridine rings is 2. The SMILES string of the molecule is COc1c(F)cc(-c2ccc(C(=O)NS(=O)(=O)c3cccnc3N)c(N3C[C@@H](C)CC3(C)C)n2)cc1F. The second-order valence-electron chi connectivity index (χ2n) is 9.59. The van der Waals surface area contributed by atoms with Crippen LogP contribution in [0.5, 0.6) is 5.75 Å². The number of nitrogens with two attached hydrogens (primary N) is 1. The second-order valence-corrected chi connectivity index (χ2v) is 11.2. The van der Waals surface area contributed by atoms with E-state index < -0.39 is 38.9 Å². The molecule has 3 aromatic rings. The van der Waals surface area contributed by atoms with Gasteiger partial charge in [0.05, 0.1) is 18.4 Å². The normalized spacial score (nSPS) is 17.0. The van der Waals surface area contributed by atoms with Crippen molar-refractivity contribution < 1.29 is 26.7 Å². The first kappa shape index (κ1) is 26.3. The van der Waals surface area contributed by atoms with Crippen molar-refractivity contribution in [2.24, 2.45) is 5.92 Å². The van der Waals surface area contributed by atoms with E-state index in [4.69, 9.17) is 10.5 Å². The van der Waals surface area contributed by atoms with Crippen LogP contribution in [0.15, 0.2) is 47.5 Å². The Morgan fingerprint density at radius 2 is 1.89 bits per heavy atom. The predicted molar refractivity (Wildman–Crippen MR) is 135 cm³/mol. The molecule has 3 heterocycles. The molecule has 0 aliphatic carbocycles. The molecule has 0 spiro atoms. The third kappa shape index (κ3) is 5.06. The number of sulfonamides is 1. The molecule has 2 aromatic heterocycles. The fraction of sp³-hybridized carbons (Fsp3) is 0.320. The van der Waals surface area contributed by atoms with E-state index in [9.17, 15) is 22.0 Å². The number of amides is 1. The minimum absolute atomic E-state index is 0.0218. The van der Waals surface area contributed by atoms with Crippen LogP contribution < -0.4 is 20.1 Å². The van der Waals surface area contributed by atoms with Crippen LogP contribution in [0.4, 0.5) is 20.4 Å². The molecule has 0 unspecified atom stereocenters. The highest BCUT2D eigenvalue weighted by molar-refractivity contribution is 7.90. The van der Waals surface area contributed by atoms with E-state index in [1.54, 1.807) is 0 Å². The van der Waals surface area contributed by atoms with Gasteiger partial charge in [-0.15, -0.1) is 0 Å². The molecule has 1 saturated heterocycles. The number of nitrogen functional groups attached to an aromatic ring is 1. The van der Waals surface area contributed by atoms with Gasteiger partial charge in [-0.1, -0.05) is 6.92 Å². The molecule has 1 fully saturated rings. The zero-order chi connectivity index (χ0) is 27.1. The van der Waals surface area contributed by atoms with E-state index in [2.05, 4.69) is 16.9 Å². The molecule has 196 valence electrons. The van der Waals surface area contributed by atoms with Gasteiger partial charge >= 0.3 is 0 Å². The number of carbonyl (C=O) groups is 1. The van der Waals surface area contributed by atoms with Gasteiger partial charge < -0.3 is 15.4 Å². The van der Waals surface area contributed by atoms with Gasteiger partial charge in [0.15, 0.2) is 17.4 Å². The maximum atomic E-state index is 14.4. The fourth-order valence-corrected chi connectivity index (χ4v) is 5.77. The number of aromatic nitrogens is 2. The Bertz CT molecular complexity index is 1460. The summed E-state index contributed by atoms with van der Waals surface area (Å²) in [6.07, 6.45) is 2.12. The smallest absolute Gasteiger partial charge is 0.268 e. The molecule has 1 aliphatic rings. The van der Waals surface area contributed by atoms with Crippen LogP contribution >= 0.6 is 0 Å². The highest BCUT2D eigenvalue weighted by Gasteiger charge is 2.39. The van der Waals surface area contributed by atoms with Crippen molar-refractivity contribution in [2.75, 3.05) is 24.3 Å². The van der Waals surface area contributed by atoms with Crippen LogP contribution in [0.2, 0.25) is 0 Å². The van der Waals surface area contributed by atoms with Crippen LogP contribution in [0.1, 0.15) is 37.6 Å². The summed E-state index contributed by atoms with van der Waals surface area (Å²) in [5, 5.41) is 0. The molecule has 4 rings (SSSR count). The summed E-state index contributed by atoms with van der Waals surface area (Å²) in [6, 6.07) is 7.57. The Morgan fingerprint density at radius 1 is 1.22 bits per heavy atom. The van der Waals surface area contributed by atoms with Gasteiger partial charge in [0.1, 0.15) is 16.5 Å². The van der Waals surface area contributed by atoms with Crippen molar-refractivity contribution >= 4 is 27.6 Å². The number of nitrogens with one attached hydrogen (secondary N) is 1. The minimum Gasteiger partial charge on any atom is -0.491 e. The molecule has 0 bridgehead atoms. The van der Waals surface area contributed by atoms with E-state index in [1.807, 2.05) is 23.5 Å². The Balaban J connectivity index is 1.81. The van der Waals surface area contributed by atoms with Gasteiger partial charge in [0.2, 0.25) is 0 Å². The fourth-order valence-electron chi connectivity index (χ4n) is 4.72. The quantitative estimate of drug-likeness (QED) is 0.492. The number of anilines is 2. The van der Waals surface area contributed by atoms with Crippen LogP contribution in [0.3, 0.4) is 0 Å². The summed E-state index contributed by atoms with van der Waals surface area (Å²) in [7, 11) is -3.18. The Kier molecular flexibility index (Phi) is 6.80. The lowest BCUT2D eigenvalue weighted by atomic mass is 9.97. The summed E-state index contributed by atoms with van der Waals surface area (Å²) in [6.45, 7) is 6.55. The summed E-state index contributed by atoms with van der Waals surface area (Å²) < 4.78 is 61.4. The number of nitrogens with zero attached hydrogens (tertiary/aromatic N) is 3. The number of benzene rings is 1. The molecule has 1 amide bonds. The Hall–Kier alpha value is -3.80. The monoisotopic (exact) mass is 531 g/mol. The first-order chi connectivity index (χ1) is 17.3. The lowest BCUT2D eigenvalue weighted by Gasteiger charge is -2.34. The lowest BCUT2D eigenvalue weighted by molar-refractivity contribution is 0.0981. The van der Waals surface area contributed by atoms with E-state index in [-0.39, 0.29) is 39.3 Å². The highest BCUT2D eigenvalue weighted by Crippen LogP contribution is 2.39. The Morgan fingerprint density at radius 3 is 2.46 bits per heavy atom. The van der Waals surface area contributed by atoms with Crippen molar-refractivity contribution in [3.8, 4) is 17.0 Å². The zero-order valence-electron chi connectivity index (χ0n) is 20.7. The maximum absolute atomic E-state index is 14.4. The first-order valence-corrected chi connectivity index (χ1v) is 12.9. The second kappa shape index (κ2) is 9.58. The minimum atomic E-state index is -4.35. The molecule has 12 heteroatoms. The van der Waals surface area contributed by atoms with E-state index in [1.165, 1.54) is 30.5 Å². The predicted octanol–water partition coefficient (Wildman–Crippen LogP) is 3.76. The molecule has 0 radical (unpaired) electrons. The number of methoxy groups -OCH3 is 1. The maximum Gasteiger partial charge on any atom is 0.268 e. The summed E-state index contributed by atoms with van der Waals surface area (Å²) in [5.41, 5.74) is 5.57. The summed E-state index contributed by atoms with van der Waals surface area (Å²) in [4.78, 5) is 23.2. The van der Waals surface area contributed by atoms with Crippen LogP contribution in [-0.4, -0.2) is 43.5 Å². The van der Waals surface area contributed by atoms with E-state index in [0.29, 0.717) is 6.54 Å². The number of halogens is 2. The van der Waals surface area contributed by atoms with E-state index in [0.717, 1.165) is 25.7 Å². The number of hydrogen-bond acceptors (Lipinski definition) is 8. The average Bonchev–Trinajstić information content (AvgIpc) is 3.09. The first-order valence-electron chi connectivity index (χ1n) is 11.4. The van der Waals surface area contributed by atoms with Gasteiger partial charge in [0, 0.05) is 23.8 Å². The van der Waals surface area contributed by atoms with Crippen molar-refractivity contribution in [3.63, 3.8) is 0 Å². The molecular formula is C25H27F2N5O4S. The van der Waals surface area contributed by atoms with Crippen molar-refractivity contribution in [1.29, 1.82) is 0 Å². The number of carbonyl (C=O) groups excluding carboxylic acids is 1. The van der Waals surface area contributed by atoms with Crippen molar-refractivity contribution in [3.05, 3.63) is 59.8 Å². The molecule has 0 saturated carbocycles. The van der Waals surface area contributed by atoms with Crippen molar-refractivity contribution in [2.45, 2.75) is 37.6 Å². The van der Waals surface area contributed by atoms with Gasteiger partial charge in [-0.05, 0) is 62.6 Å². The Labute approximate surface area is 213 Å². The van der Waals surface area contributed by atoms with Gasteiger partial charge in [0.25, 0.3) is 15.9 Å². The molecule has 37 heavy (non-hydrogen) atoms. The van der Waals surface area contributed by atoms with Crippen LogP contribution in [0.25, 0.3) is 11.3 Å². The zero-order valence-corrected chi connectivity index (χ0v) is 21.6. The molecule has 1 aromatic carbocycles. The number of ether oxygens (including phenoxy) is 1. The third-order valence-electron chi connectivity index (χ3n) is 6.26. The van der Waals surface area contributed by atoms with Crippen LogP contribution in [0, 0.1) is 17.6 Å². The van der Waals surface area contributed by atoms with Gasteiger partial charge in [-0.25, -0.2) is 31.9 Å². The van der Waals surface area contributed by atoms with Gasteiger partial charge in [-0.2, -0.15) is 0 Å². The molecule has 1 aliphatic heterocycles. The molecule has 9 nitrogen and oxygen atoms in total. The molecular weight excluding hydrogens is 504 g/mol. The molecule has 3 N–H and O–H groups in total. The summed E-state index contributed by atoms with van der Waals surface area (Å²) in [5.74, 6) is -3.07. The van der Waals surface area contributed by atoms with Crippen molar-refractivity contribution in [1.82, 2.24) is 14.7 Å². The third-order valence-corrected chi connectivity index (χ3v) is 7.64. The van der Waals surface area contributed by atoms with E-state index >= 15 is 0 Å². The average molecular weight is 532 g/mol. The standard InChI is InChI=1S/C25H27F2N5O4S/c1-14-12-25(2,3)32(13-14)23-16(24(33)31-37(34,35)20-6-5-9-29-22(20)28)7-8-19(30-23)15-10-17(26)21(36-4)18(27)11-15/h5-11,14H,12-13H2,1-4H3,(H2,28,29)(H,31,33)/t14-/m0/s1. The highest BCUT2D eigenvalue weighted by atomic mass is 32.2. The number of hydrogen-bond donors (Lipinski definition) is 2. The largest absolute Gasteiger partial charge is 0.491 e. The number of rotatable bonds is 6. The molecule has 1 atom stereocenters. The topological polar surface area (TPSA) is 128 Å². The lowest BCUT2D eigenvalue weighted by Crippen LogP contribution is -2.41. The summed E-state index contributed by atoms with van der Waals surface area (Å²) >= 11 is 0.